The molecule has 2 saturated heterocycles. The van der Waals surface area contributed by atoms with Crippen molar-refractivity contribution in [2.24, 2.45) is 0 Å². The molecule has 2 N–H and O–H groups in total. The molecular weight excluding hydrogens is 204 g/mol. The van der Waals surface area contributed by atoms with Gasteiger partial charge in [-0.15, -0.1) is 0 Å². The maximum Gasteiger partial charge on any atom is 0.338 e. The monoisotopic (exact) mass is 218 g/mol. The second kappa shape index (κ2) is 3.41. The Morgan fingerprint density at radius 3 is 2.47 bits per heavy atom. The van der Waals surface area contributed by atoms with Crippen LogP contribution in [0.5, 0.6) is 0 Å². The van der Waals surface area contributed by atoms with E-state index in [4.69, 9.17) is 14.2 Å². The number of aliphatic hydroxyl groups is 2. The molecule has 0 aromatic heterocycles. The lowest BCUT2D eigenvalue weighted by atomic mass is 10.1. The molecule has 2 aliphatic rings. The smallest absolute Gasteiger partial charge is 0.338 e. The molecule has 4 atom stereocenters. The van der Waals surface area contributed by atoms with Gasteiger partial charge in [-0.2, -0.15) is 0 Å². The quantitative estimate of drug-likeness (QED) is 0.537. The van der Waals surface area contributed by atoms with Crippen LogP contribution in [-0.2, 0) is 19.0 Å². The zero-order valence-corrected chi connectivity index (χ0v) is 8.54. The number of hydrogen-bond donors (Lipinski definition) is 2. The zero-order valence-electron chi connectivity index (χ0n) is 8.54. The van der Waals surface area contributed by atoms with Gasteiger partial charge in [-0.05, 0) is 13.8 Å². The van der Waals surface area contributed by atoms with E-state index >= 15 is 0 Å². The number of ether oxygens (including phenoxy) is 3. The van der Waals surface area contributed by atoms with E-state index in [0.29, 0.717) is 0 Å². The fourth-order valence-electron chi connectivity index (χ4n) is 1.77. The van der Waals surface area contributed by atoms with Crippen molar-refractivity contribution in [1.29, 1.82) is 0 Å². The summed E-state index contributed by atoms with van der Waals surface area (Å²) >= 11 is 0. The fourth-order valence-corrected chi connectivity index (χ4v) is 1.77. The molecule has 2 rings (SSSR count). The van der Waals surface area contributed by atoms with Gasteiger partial charge in [0.1, 0.15) is 12.2 Å². The van der Waals surface area contributed by atoms with E-state index in [-0.39, 0.29) is 6.61 Å². The van der Waals surface area contributed by atoms with E-state index in [9.17, 15) is 15.0 Å². The maximum absolute atomic E-state index is 11.0. The minimum absolute atomic E-state index is 0.231. The van der Waals surface area contributed by atoms with Crippen molar-refractivity contribution < 1.29 is 29.2 Å². The van der Waals surface area contributed by atoms with Gasteiger partial charge in [0, 0.05) is 0 Å². The number of aliphatic hydroxyl groups excluding tert-OH is 2. The largest absolute Gasteiger partial charge is 0.455 e. The lowest BCUT2D eigenvalue weighted by molar-refractivity contribution is -0.166. The third-order valence-corrected chi connectivity index (χ3v) is 2.55. The Morgan fingerprint density at radius 2 is 2.07 bits per heavy atom. The van der Waals surface area contributed by atoms with Gasteiger partial charge < -0.3 is 24.4 Å². The molecule has 0 aliphatic carbocycles. The number of rotatable bonds is 1. The van der Waals surface area contributed by atoms with E-state index in [1.165, 1.54) is 0 Å². The van der Waals surface area contributed by atoms with E-state index in [1.807, 2.05) is 0 Å². The molecule has 0 amide bonds. The van der Waals surface area contributed by atoms with Crippen LogP contribution < -0.4 is 0 Å². The van der Waals surface area contributed by atoms with Gasteiger partial charge in [0.15, 0.2) is 18.0 Å². The van der Waals surface area contributed by atoms with Crippen LogP contribution in [0, 0.1) is 0 Å². The van der Waals surface area contributed by atoms with Crippen LogP contribution in [0.25, 0.3) is 0 Å². The van der Waals surface area contributed by atoms with Crippen molar-refractivity contribution in [2.45, 2.75) is 44.1 Å². The Labute approximate surface area is 86.7 Å². The molecular formula is C9H14O6. The van der Waals surface area contributed by atoms with Gasteiger partial charge in [-0.3, -0.25) is 0 Å². The lowest BCUT2D eigenvalue weighted by Crippen LogP contribution is -2.40. The summed E-state index contributed by atoms with van der Waals surface area (Å²) in [6.07, 6.45) is -4.12. The van der Waals surface area contributed by atoms with Gasteiger partial charge in [0.2, 0.25) is 0 Å². The van der Waals surface area contributed by atoms with Gasteiger partial charge in [0.25, 0.3) is 0 Å². The summed E-state index contributed by atoms with van der Waals surface area (Å²) in [5.41, 5.74) is 0. The minimum atomic E-state index is -1.48. The van der Waals surface area contributed by atoms with Crippen LogP contribution in [-0.4, -0.2) is 53.0 Å². The highest BCUT2D eigenvalue weighted by Gasteiger charge is 2.50. The van der Waals surface area contributed by atoms with Gasteiger partial charge in [0.05, 0.1) is 6.61 Å². The molecule has 15 heavy (non-hydrogen) atoms. The number of cyclic esters (lactones) is 1. The first-order valence-corrected chi connectivity index (χ1v) is 4.79. The molecule has 0 saturated carbocycles. The molecule has 6 heteroatoms. The summed E-state index contributed by atoms with van der Waals surface area (Å²) in [4.78, 5) is 11.0. The van der Waals surface area contributed by atoms with Crippen LogP contribution in [0.4, 0.5) is 0 Å². The van der Waals surface area contributed by atoms with Crippen molar-refractivity contribution in [3.05, 3.63) is 0 Å². The topological polar surface area (TPSA) is 85.2 Å². The van der Waals surface area contributed by atoms with E-state index < -0.39 is 36.2 Å². The van der Waals surface area contributed by atoms with Crippen molar-refractivity contribution in [3.8, 4) is 0 Å². The average Bonchev–Trinajstić information content (AvgIpc) is 2.62. The van der Waals surface area contributed by atoms with Crippen LogP contribution in [0.2, 0.25) is 0 Å². The Morgan fingerprint density at radius 1 is 1.40 bits per heavy atom. The number of hydrogen-bond acceptors (Lipinski definition) is 6. The SMILES string of the molecule is CC1(C)OCC([C@H]2OC(=O)C(O)[C@@H]2O)O1. The average molecular weight is 218 g/mol. The predicted molar refractivity (Wildman–Crippen MR) is 46.8 cm³/mol. The number of esters is 1. The Balaban J connectivity index is 2.04. The lowest BCUT2D eigenvalue weighted by Gasteiger charge is -2.21. The molecule has 0 radical (unpaired) electrons. The zero-order chi connectivity index (χ0) is 11.2. The second-order valence-corrected chi connectivity index (χ2v) is 4.20. The summed E-state index contributed by atoms with van der Waals surface area (Å²) < 4.78 is 15.5. The standard InChI is InChI=1S/C9H14O6/c1-9(2)13-3-4(15-9)7-5(10)6(11)8(12)14-7/h4-7,10-11H,3H2,1-2H3/t4?,5-,6?,7+/m0/s1. The van der Waals surface area contributed by atoms with Gasteiger partial charge >= 0.3 is 5.97 Å². The molecule has 2 unspecified atom stereocenters. The first-order valence-electron chi connectivity index (χ1n) is 4.79. The Kier molecular flexibility index (Phi) is 2.46. The second-order valence-electron chi connectivity index (χ2n) is 4.20. The first-order chi connectivity index (χ1) is 6.91. The molecule has 0 bridgehead atoms. The molecule has 2 fully saturated rings. The third-order valence-electron chi connectivity index (χ3n) is 2.55. The highest BCUT2D eigenvalue weighted by molar-refractivity contribution is 5.77. The maximum atomic E-state index is 11.0. The van der Waals surface area contributed by atoms with Crippen molar-refractivity contribution in [2.75, 3.05) is 6.61 Å². The van der Waals surface area contributed by atoms with Crippen LogP contribution in [0.15, 0.2) is 0 Å². The normalized spacial score (nSPS) is 44.4. The van der Waals surface area contributed by atoms with E-state index in [0.717, 1.165) is 0 Å². The van der Waals surface area contributed by atoms with Crippen molar-refractivity contribution >= 4 is 5.97 Å². The first kappa shape index (κ1) is 10.8. The minimum Gasteiger partial charge on any atom is -0.455 e. The molecule has 6 nitrogen and oxygen atoms in total. The summed E-state index contributed by atoms with van der Waals surface area (Å²) in [6, 6.07) is 0. The fraction of sp³-hybridized carbons (Fsp3) is 0.889. The molecule has 86 valence electrons. The number of carbonyl (C=O) groups is 1. The molecule has 2 heterocycles. The highest BCUT2D eigenvalue weighted by atomic mass is 16.8. The Hall–Kier alpha value is -0.690. The van der Waals surface area contributed by atoms with Crippen molar-refractivity contribution in [3.63, 3.8) is 0 Å². The summed E-state index contributed by atoms with van der Waals surface area (Å²) in [5, 5.41) is 18.7. The van der Waals surface area contributed by atoms with Crippen LogP contribution >= 0.6 is 0 Å². The van der Waals surface area contributed by atoms with Crippen LogP contribution in [0.3, 0.4) is 0 Å². The molecule has 0 aromatic carbocycles. The van der Waals surface area contributed by atoms with Crippen LogP contribution in [0.1, 0.15) is 13.8 Å². The van der Waals surface area contributed by atoms with Gasteiger partial charge in [-0.25, -0.2) is 4.79 Å². The summed E-state index contributed by atoms with van der Waals surface area (Å²) in [6.45, 7) is 3.69. The summed E-state index contributed by atoms with van der Waals surface area (Å²) in [7, 11) is 0. The molecule has 0 aromatic rings. The number of carbonyl (C=O) groups excluding carboxylic acids is 1. The van der Waals surface area contributed by atoms with E-state index in [2.05, 4.69) is 0 Å². The highest BCUT2D eigenvalue weighted by Crippen LogP contribution is 2.30. The third kappa shape index (κ3) is 1.85. The molecule has 0 spiro atoms. The summed E-state index contributed by atoms with van der Waals surface area (Å²) in [5.74, 6) is -1.56. The van der Waals surface area contributed by atoms with Gasteiger partial charge in [-0.1, -0.05) is 0 Å². The van der Waals surface area contributed by atoms with Crippen molar-refractivity contribution in [1.82, 2.24) is 0 Å². The predicted octanol–water partition coefficient (Wildman–Crippen LogP) is -1.21. The Bertz CT molecular complexity index is 276. The molecule has 2 aliphatic heterocycles. The van der Waals surface area contributed by atoms with E-state index in [1.54, 1.807) is 13.8 Å².